The van der Waals surface area contributed by atoms with E-state index in [4.69, 9.17) is 0 Å². The summed E-state index contributed by atoms with van der Waals surface area (Å²) in [6.07, 6.45) is 2.70. The van der Waals surface area contributed by atoms with Crippen LogP contribution in [-0.2, 0) is 17.8 Å². The van der Waals surface area contributed by atoms with Gasteiger partial charge in [-0.15, -0.1) is 0 Å². The van der Waals surface area contributed by atoms with Gasteiger partial charge in [0.25, 0.3) is 0 Å². The summed E-state index contributed by atoms with van der Waals surface area (Å²) in [5, 5.41) is 6.81. The predicted octanol–water partition coefficient (Wildman–Crippen LogP) is 2.66. The predicted molar refractivity (Wildman–Crippen MR) is 127 cm³/mol. The number of guanidine groups is 1. The largest absolute Gasteiger partial charge is 0.356 e. The van der Waals surface area contributed by atoms with E-state index in [1.54, 1.807) is 26.2 Å². The average molecular weight is 440 g/mol. The van der Waals surface area contributed by atoms with E-state index >= 15 is 0 Å². The normalized spacial score (nSPS) is 15.4. The van der Waals surface area contributed by atoms with Crippen LogP contribution in [0.4, 0.5) is 4.39 Å². The Morgan fingerprint density at radius 3 is 2.50 bits per heavy atom. The van der Waals surface area contributed by atoms with E-state index in [-0.39, 0.29) is 18.3 Å². The number of hydrogen-bond donors (Lipinski definition) is 2. The van der Waals surface area contributed by atoms with Gasteiger partial charge in [0, 0.05) is 46.3 Å². The Morgan fingerprint density at radius 1 is 1.09 bits per heavy atom. The molecule has 0 spiro atoms. The molecule has 0 aliphatic carbocycles. The highest BCUT2D eigenvalue weighted by molar-refractivity contribution is 5.84. The SMILES string of the molecule is CN(C)C(=O)CN=C(NCCc1cccc(F)c1)NC1CCN(Cc2ccccc2)CC1. The fourth-order valence-electron chi connectivity index (χ4n) is 3.73. The number of aliphatic imine (C=N–C) groups is 1. The second kappa shape index (κ2) is 12.2. The van der Waals surface area contributed by atoms with Crippen LogP contribution < -0.4 is 10.6 Å². The van der Waals surface area contributed by atoms with E-state index in [9.17, 15) is 9.18 Å². The number of piperidine rings is 1. The molecule has 1 fully saturated rings. The van der Waals surface area contributed by atoms with Crippen LogP contribution in [0.3, 0.4) is 0 Å². The van der Waals surface area contributed by atoms with Crippen molar-refractivity contribution in [2.24, 2.45) is 4.99 Å². The first-order valence-corrected chi connectivity index (χ1v) is 11.3. The molecule has 1 heterocycles. The zero-order chi connectivity index (χ0) is 22.8. The lowest BCUT2D eigenvalue weighted by molar-refractivity contribution is -0.127. The smallest absolute Gasteiger partial charge is 0.243 e. The fourth-order valence-corrected chi connectivity index (χ4v) is 3.73. The molecule has 172 valence electrons. The van der Waals surface area contributed by atoms with E-state index in [0.717, 1.165) is 38.0 Å². The molecule has 32 heavy (non-hydrogen) atoms. The quantitative estimate of drug-likeness (QED) is 0.491. The maximum absolute atomic E-state index is 13.4. The van der Waals surface area contributed by atoms with E-state index in [0.29, 0.717) is 25.0 Å². The molecule has 2 aromatic rings. The van der Waals surface area contributed by atoms with Gasteiger partial charge in [-0.1, -0.05) is 42.5 Å². The van der Waals surface area contributed by atoms with Crippen molar-refractivity contribution in [2.75, 3.05) is 40.3 Å². The summed E-state index contributed by atoms with van der Waals surface area (Å²) in [4.78, 5) is 20.5. The Kier molecular flexibility index (Phi) is 9.04. The van der Waals surface area contributed by atoms with Gasteiger partial charge in [-0.25, -0.2) is 9.38 Å². The van der Waals surface area contributed by atoms with Crippen molar-refractivity contribution >= 4 is 11.9 Å². The molecule has 1 amide bonds. The lowest BCUT2D eigenvalue weighted by atomic mass is 10.0. The number of hydrogen-bond acceptors (Lipinski definition) is 3. The molecule has 0 saturated carbocycles. The molecule has 0 aromatic heterocycles. The Morgan fingerprint density at radius 2 is 1.81 bits per heavy atom. The number of rotatable bonds is 8. The highest BCUT2D eigenvalue weighted by atomic mass is 19.1. The molecule has 0 atom stereocenters. The number of nitrogens with one attached hydrogen (secondary N) is 2. The Bertz CT molecular complexity index is 879. The van der Waals surface area contributed by atoms with Crippen LogP contribution in [0.15, 0.2) is 59.6 Å². The van der Waals surface area contributed by atoms with Gasteiger partial charge in [0.1, 0.15) is 12.4 Å². The molecular weight excluding hydrogens is 405 g/mol. The standard InChI is InChI=1S/C25H34FN5O/c1-30(2)24(32)18-28-25(27-14-11-20-9-6-10-22(26)17-20)29-23-12-15-31(16-13-23)19-21-7-4-3-5-8-21/h3-10,17,23H,11-16,18-19H2,1-2H3,(H2,27,28,29). The minimum Gasteiger partial charge on any atom is -0.356 e. The van der Waals surface area contributed by atoms with Crippen LogP contribution in [0.2, 0.25) is 0 Å². The van der Waals surface area contributed by atoms with Crippen molar-refractivity contribution < 1.29 is 9.18 Å². The first kappa shape index (κ1) is 23.7. The zero-order valence-electron chi connectivity index (χ0n) is 19.1. The zero-order valence-corrected chi connectivity index (χ0v) is 19.1. The summed E-state index contributed by atoms with van der Waals surface area (Å²) in [6.45, 7) is 3.70. The third-order valence-corrected chi connectivity index (χ3v) is 5.64. The molecule has 1 aliphatic heterocycles. The van der Waals surface area contributed by atoms with Gasteiger partial charge in [-0.2, -0.15) is 0 Å². The molecule has 6 nitrogen and oxygen atoms in total. The lowest BCUT2D eigenvalue weighted by Crippen LogP contribution is -2.49. The van der Waals surface area contributed by atoms with Gasteiger partial charge in [0.2, 0.25) is 5.91 Å². The Hall–Kier alpha value is -2.93. The number of benzene rings is 2. The lowest BCUT2D eigenvalue weighted by Gasteiger charge is -2.33. The van der Waals surface area contributed by atoms with Gasteiger partial charge in [-0.3, -0.25) is 9.69 Å². The summed E-state index contributed by atoms with van der Waals surface area (Å²) in [5.74, 6) is 0.361. The molecule has 1 aliphatic rings. The maximum atomic E-state index is 13.4. The van der Waals surface area contributed by atoms with Crippen LogP contribution in [0.25, 0.3) is 0 Å². The highest BCUT2D eigenvalue weighted by Gasteiger charge is 2.20. The van der Waals surface area contributed by atoms with Crippen LogP contribution >= 0.6 is 0 Å². The average Bonchev–Trinajstić information content (AvgIpc) is 2.79. The monoisotopic (exact) mass is 439 g/mol. The fraction of sp³-hybridized carbons (Fsp3) is 0.440. The van der Waals surface area contributed by atoms with Crippen molar-refractivity contribution in [2.45, 2.75) is 31.8 Å². The van der Waals surface area contributed by atoms with Crippen LogP contribution in [0, 0.1) is 5.82 Å². The van der Waals surface area contributed by atoms with Crippen molar-refractivity contribution in [3.8, 4) is 0 Å². The van der Waals surface area contributed by atoms with Crippen molar-refractivity contribution in [1.29, 1.82) is 0 Å². The first-order chi connectivity index (χ1) is 15.5. The minimum atomic E-state index is -0.228. The summed E-state index contributed by atoms with van der Waals surface area (Å²) >= 11 is 0. The van der Waals surface area contributed by atoms with Gasteiger partial charge in [-0.05, 0) is 42.5 Å². The second-order valence-electron chi connectivity index (χ2n) is 8.44. The molecule has 1 saturated heterocycles. The van der Waals surface area contributed by atoms with Gasteiger partial charge in [0.05, 0.1) is 0 Å². The molecule has 2 N–H and O–H groups in total. The molecule has 3 rings (SSSR count). The summed E-state index contributed by atoms with van der Waals surface area (Å²) < 4.78 is 13.4. The summed E-state index contributed by atoms with van der Waals surface area (Å²) in [7, 11) is 3.45. The number of carbonyl (C=O) groups excluding carboxylic acids is 1. The maximum Gasteiger partial charge on any atom is 0.243 e. The van der Waals surface area contributed by atoms with Crippen LogP contribution in [-0.4, -0.2) is 68.0 Å². The van der Waals surface area contributed by atoms with Crippen molar-refractivity contribution in [3.63, 3.8) is 0 Å². The molecule has 7 heteroatoms. The number of halogens is 1. The van der Waals surface area contributed by atoms with Gasteiger partial charge in [0.15, 0.2) is 5.96 Å². The molecule has 0 bridgehead atoms. The summed E-state index contributed by atoms with van der Waals surface area (Å²) in [6, 6.07) is 17.5. The van der Waals surface area contributed by atoms with Gasteiger partial charge >= 0.3 is 0 Å². The number of likely N-dealkylation sites (tertiary alicyclic amines) is 1. The third kappa shape index (κ3) is 7.96. The van der Waals surface area contributed by atoms with E-state index in [2.05, 4.69) is 44.8 Å². The molecular formula is C25H34FN5O. The number of amides is 1. The van der Waals surface area contributed by atoms with Crippen molar-refractivity contribution in [3.05, 3.63) is 71.5 Å². The minimum absolute atomic E-state index is 0.0473. The molecule has 0 radical (unpaired) electrons. The van der Waals surface area contributed by atoms with Crippen molar-refractivity contribution in [1.82, 2.24) is 20.4 Å². The molecule has 2 aromatic carbocycles. The Balaban J connectivity index is 1.51. The third-order valence-electron chi connectivity index (χ3n) is 5.64. The van der Waals surface area contributed by atoms with Crippen LogP contribution in [0.5, 0.6) is 0 Å². The Labute approximate surface area is 190 Å². The molecule has 0 unspecified atom stereocenters. The van der Waals surface area contributed by atoms with E-state index < -0.39 is 0 Å². The van der Waals surface area contributed by atoms with Crippen LogP contribution in [0.1, 0.15) is 24.0 Å². The topological polar surface area (TPSA) is 60.0 Å². The number of carbonyl (C=O) groups is 1. The van der Waals surface area contributed by atoms with E-state index in [1.807, 2.05) is 12.1 Å². The number of nitrogens with zero attached hydrogens (tertiary/aromatic N) is 3. The highest BCUT2D eigenvalue weighted by Crippen LogP contribution is 2.14. The van der Waals surface area contributed by atoms with E-state index in [1.165, 1.54) is 16.5 Å². The van der Waals surface area contributed by atoms with Gasteiger partial charge < -0.3 is 15.5 Å². The second-order valence-corrected chi connectivity index (χ2v) is 8.44. The summed E-state index contributed by atoms with van der Waals surface area (Å²) in [5.41, 5.74) is 2.26. The number of likely N-dealkylation sites (N-methyl/N-ethyl adjacent to an activating group) is 1. The first-order valence-electron chi connectivity index (χ1n) is 11.3.